The highest BCUT2D eigenvalue weighted by atomic mass is 16.4. The maximum atomic E-state index is 14.3. The van der Waals surface area contributed by atoms with E-state index in [1.165, 1.54) is 0 Å². The van der Waals surface area contributed by atoms with Crippen LogP contribution in [-0.4, -0.2) is 135 Å². The minimum atomic E-state index is -1.72. The number of aromatic amines is 1. The second-order valence-electron chi connectivity index (χ2n) is 15.7. The molecule has 0 saturated carbocycles. The predicted molar refractivity (Wildman–Crippen MR) is 231 cm³/mol. The van der Waals surface area contributed by atoms with Crippen molar-refractivity contribution in [3.8, 4) is 0 Å². The van der Waals surface area contributed by atoms with Gasteiger partial charge in [-0.25, -0.2) is 4.79 Å². The number of aromatic nitrogens is 1. The first-order valence-corrected chi connectivity index (χ1v) is 20.6. The maximum Gasteiger partial charge on any atom is 0.326 e. The highest BCUT2D eigenvalue weighted by molar-refractivity contribution is 5.98. The Morgan fingerprint density at radius 1 is 0.719 bits per heavy atom. The number of carboxylic acid groups (broad SMARTS) is 2. The molecule has 7 amide bonds. The molecule has 0 bridgehead atoms. The number of primary amides is 1. The fourth-order valence-corrected chi connectivity index (χ4v) is 6.39. The van der Waals surface area contributed by atoms with Gasteiger partial charge in [0.2, 0.25) is 41.4 Å². The van der Waals surface area contributed by atoms with Crippen molar-refractivity contribution in [3.05, 3.63) is 36.0 Å². The molecule has 2 rings (SSSR count). The van der Waals surface area contributed by atoms with Crippen LogP contribution in [0.1, 0.15) is 71.8 Å². The first-order chi connectivity index (χ1) is 30.1. The molecule has 64 heavy (non-hydrogen) atoms. The smallest absolute Gasteiger partial charge is 0.326 e. The number of carbonyl (C=O) groups is 9. The quantitative estimate of drug-likeness (QED) is 0.0224. The number of aliphatic carboxylic acids is 2. The summed E-state index contributed by atoms with van der Waals surface area (Å²) in [6, 6.07) is -3.37. The second-order valence-corrected chi connectivity index (χ2v) is 15.7. The fourth-order valence-electron chi connectivity index (χ4n) is 6.39. The number of carboxylic acids is 2. The fraction of sp³-hybridized carbons (Fsp3) is 0.550. The Kier molecular flexibility index (Phi) is 21.6. The van der Waals surface area contributed by atoms with Crippen LogP contribution in [0.25, 0.3) is 10.9 Å². The Morgan fingerprint density at radius 3 is 1.86 bits per heavy atom. The van der Waals surface area contributed by atoms with Gasteiger partial charge in [0.25, 0.3) is 0 Å². The maximum absolute atomic E-state index is 14.3. The lowest BCUT2D eigenvalue weighted by Crippen LogP contribution is -2.61. The van der Waals surface area contributed by atoms with E-state index in [1.807, 2.05) is 0 Å². The number of carbonyl (C=O) groups excluding carboxylic acids is 7. The number of benzene rings is 1. The molecule has 0 fully saturated rings. The average molecular weight is 903 g/mol. The number of hydrogen-bond donors (Lipinski definition) is 14. The Bertz CT molecular complexity index is 2000. The van der Waals surface area contributed by atoms with Crippen LogP contribution in [0.2, 0.25) is 0 Å². The molecule has 8 atom stereocenters. The summed E-state index contributed by atoms with van der Waals surface area (Å²) in [5.74, 6) is -10.5. The van der Waals surface area contributed by atoms with Crippen LogP contribution in [0, 0.1) is 11.8 Å². The summed E-state index contributed by atoms with van der Waals surface area (Å²) in [4.78, 5) is 123. The van der Waals surface area contributed by atoms with Gasteiger partial charge in [0, 0.05) is 30.1 Å². The molecule has 0 saturated heterocycles. The van der Waals surface area contributed by atoms with E-state index < -0.39 is 121 Å². The zero-order valence-electron chi connectivity index (χ0n) is 36.2. The Balaban J connectivity index is 2.46. The molecule has 24 nitrogen and oxygen atoms in total. The van der Waals surface area contributed by atoms with Crippen LogP contribution in [-0.2, 0) is 49.6 Å². The number of nitrogens with one attached hydrogen (secondary N) is 7. The van der Waals surface area contributed by atoms with E-state index in [-0.39, 0.29) is 44.1 Å². The number of amides is 7. The zero-order valence-corrected chi connectivity index (χ0v) is 36.2. The van der Waals surface area contributed by atoms with Gasteiger partial charge in [-0.2, -0.15) is 0 Å². The third kappa shape index (κ3) is 17.5. The van der Waals surface area contributed by atoms with E-state index >= 15 is 0 Å². The monoisotopic (exact) mass is 902 g/mol. The van der Waals surface area contributed by atoms with Gasteiger partial charge in [0.05, 0.1) is 25.5 Å². The zero-order chi connectivity index (χ0) is 48.3. The summed E-state index contributed by atoms with van der Waals surface area (Å²) >= 11 is 0. The molecule has 1 aromatic heterocycles. The van der Waals surface area contributed by atoms with Crippen LogP contribution >= 0.6 is 0 Å². The van der Waals surface area contributed by atoms with E-state index in [4.69, 9.17) is 28.0 Å². The molecule has 0 aliphatic rings. The Morgan fingerprint density at radius 2 is 1.28 bits per heavy atom. The molecule has 1 heterocycles. The van der Waals surface area contributed by atoms with Crippen molar-refractivity contribution < 1.29 is 58.5 Å². The van der Waals surface area contributed by atoms with Gasteiger partial charge in [-0.15, -0.1) is 0 Å². The molecule has 0 aliphatic carbocycles. The van der Waals surface area contributed by atoms with Crippen LogP contribution < -0.4 is 54.8 Å². The lowest BCUT2D eigenvalue weighted by Gasteiger charge is -2.29. The van der Waals surface area contributed by atoms with Crippen molar-refractivity contribution in [2.75, 3.05) is 13.2 Å². The van der Waals surface area contributed by atoms with Gasteiger partial charge in [0.1, 0.15) is 36.3 Å². The van der Waals surface area contributed by atoms with E-state index in [1.54, 1.807) is 58.2 Å². The third-order valence-corrected chi connectivity index (χ3v) is 10.0. The van der Waals surface area contributed by atoms with Crippen molar-refractivity contribution >= 4 is 70.2 Å². The number of aliphatic imine (C=N–C) groups is 1. The van der Waals surface area contributed by atoms with Crippen molar-refractivity contribution in [2.24, 2.45) is 39.8 Å². The number of para-hydroxylation sites is 1. The van der Waals surface area contributed by atoms with Crippen molar-refractivity contribution in [2.45, 2.75) is 115 Å². The molecule has 18 N–H and O–H groups in total. The number of guanidine groups is 1. The number of rotatable bonds is 28. The SMILES string of the molecule is CC[C@H](C)[C@H](NC(=O)[C@H](CC(C)C)NC(=O)[C@H](Cc1c[nH]c2ccccc12)NC(=O)[C@H](CO)NC(=O)[C@H](CCCN=C(N)N)NC(=O)[C@@H](N)CC(=O)O)C(=O)N[C@@H](CC(N)=O)C(=O)O. The van der Waals surface area contributed by atoms with Crippen molar-refractivity contribution in [1.29, 1.82) is 0 Å². The molecule has 1 aromatic carbocycles. The van der Waals surface area contributed by atoms with Gasteiger partial charge < -0.3 is 75.1 Å². The summed E-state index contributed by atoms with van der Waals surface area (Å²) in [7, 11) is 0. The number of hydrogen-bond acceptors (Lipinski definition) is 12. The highest BCUT2D eigenvalue weighted by Gasteiger charge is 2.36. The molecule has 2 aromatic rings. The number of aliphatic hydroxyl groups is 1. The molecule has 0 unspecified atom stereocenters. The Hall–Kier alpha value is -6.82. The topological polar surface area (TPSA) is 419 Å². The molecule has 0 spiro atoms. The minimum Gasteiger partial charge on any atom is -0.481 e. The standard InChI is InChI=1S/C40H62N12O12/c1-5-20(4)32(38(62)50-28(39(63)64)16-30(42)54)52-36(60)26(13-19(2)3)48-35(59)27(14-21-17-46-24-10-7-6-9-22(21)24)49-37(61)29(18-53)51-34(58)25(11-8-12-45-40(43)44)47-33(57)23(41)15-31(55)56/h6-7,9-10,17,19-20,23,25-29,32,46,53H,5,8,11-16,18,41H2,1-4H3,(H2,42,54)(H,47,57)(H,48,59)(H,49,61)(H,50,62)(H,51,58)(H,52,60)(H,55,56)(H,63,64)(H4,43,44,45)/t20-,23-,25-,26-,27-,28-,29-,32-/m0/s1. The molecular formula is C40H62N12O12. The third-order valence-electron chi connectivity index (χ3n) is 10.0. The molecule has 0 aliphatic heterocycles. The van der Waals surface area contributed by atoms with Crippen LogP contribution in [0.15, 0.2) is 35.5 Å². The lowest BCUT2D eigenvalue weighted by molar-refractivity contribution is -0.144. The van der Waals surface area contributed by atoms with E-state index in [0.717, 1.165) is 0 Å². The van der Waals surface area contributed by atoms with Crippen LogP contribution in [0.4, 0.5) is 0 Å². The first-order valence-electron chi connectivity index (χ1n) is 20.6. The second kappa shape index (κ2) is 26.0. The minimum absolute atomic E-state index is 0.0289. The number of nitrogens with two attached hydrogens (primary N) is 4. The number of fused-ring (bicyclic) bond motifs is 1. The highest BCUT2D eigenvalue weighted by Crippen LogP contribution is 2.20. The largest absolute Gasteiger partial charge is 0.481 e. The summed E-state index contributed by atoms with van der Waals surface area (Å²) in [5.41, 5.74) is 22.8. The number of H-pyrrole nitrogens is 1. The van der Waals surface area contributed by atoms with E-state index in [9.17, 15) is 53.4 Å². The summed E-state index contributed by atoms with van der Waals surface area (Å²) in [6.07, 6.45) is 0.352. The predicted octanol–water partition coefficient (Wildman–Crippen LogP) is -3.48. The van der Waals surface area contributed by atoms with Crippen LogP contribution in [0.5, 0.6) is 0 Å². The summed E-state index contributed by atoms with van der Waals surface area (Å²) in [6.45, 7) is 5.93. The first kappa shape index (κ1) is 53.3. The van der Waals surface area contributed by atoms with E-state index in [0.29, 0.717) is 22.9 Å². The number of aliphatic hydroxyl groups excluding tert-OH is 1. The van der Waals surface area contributed by atoms with Crippen LogP contribution in [0.3, 0.4) is 0 Å². The molecular weight excluding hydrogens is 841 g/mol. The summed E-state index contributed by atoms with van der Waals surface area (Å²) < 4.78 is 0. The average Bonchev–Trinajstić information content (AvgIpc) is 3.63. The van der Waals surface area contributed by atoms with Gasteiger partial charge >= 0.3 is 11.9 Å². The number of nitrogens with zero attached hydrogens (tertiary/aromatic N) is 1. The Labute approximate surface area is 368 Å². The molecule has 24 heteroatoms. The van der Waals surface area contributed by atoms with Crippen molar-refractivity contribution in [1.82, 2.24) is 36.9 Å². The lowest BCUT2D eigenvalue weighted by atomic mass is 9.96. The summed E-state index contributed by atoms with van der Waals surface area (Å²) in [5, 5.41) is 44.4. The normalized spacial score (nSPS) is 14.9. The van der Waals surface area contributed by atoms with Gasteiger partial charge in [0.15, 0.2) is 5.96 Å². The van der Waals surface area contributed by atoms with Gasteiger partial charge in [-0.1, -0.05) is 52.3 Å². The van der Waals surface area contributed by atoms with E-state index in [2.05, 4.69) is 41.9 Å². The van der Waals surface area contributed by atoms with Gasteiger partial charge in [-0.05, 0) is 42.7 Å². The van der Waals surface area contributed by atoms with Gasteiger partial charge in [-0.3, -0.25) is 43.3 Å². The molecule has 354 valence electrons. The molecule has 0 radical (unpaired) electrons. The van der Waals surface area contributed by atoms with Crippen molar-refractivity contribution in [3.63, 3.8) is 0 Å².